The number of nitrogens with one attached hydrogen (secondary N) is 1. The second-order valence-electron chi connectivity index (χ2n) is 8.33. The van der Waals surface area contributed by atoms with E-state index in [0.29, 0.717) is 12.8 Å². The molecule has 0 heterocycles. The number of allylic oxidation sites excluding steroid dienone is 2. The van der Waals surface area contributed by atoms with Crippen LogP contribution in [0.2, 0.25) is 0 Å². The van der Waals surface area contributed by atoms with Gasteiger partial charge in [-0.05, 0) is 32.1 Å². The Morgan fingerprint density at radius 1 is 0.800 bits per heavy atom. The van der Waals surface area contributed by atoms with Crippen LogP contribution in [0.1, 0.15) is 104 Å². The van der Waals surface area contributed by atoms with Gasteiger partial charge in [-0.1, -0.05) is 83.8 Å². The van der Waals surface area contributed by atoms with Crippen LogP contribution in [-0.4, -0.2) is 57.3 Å². The summed E-state index contributed by atoms with van der Waals surface area (Å²) in [6.07, 6.45) is 14.2. The smallest absolute Gasteiger partial charge is 0.249 e. The maximum atomic E-state index is 12.1. The lowest BCUT2D eigenvalue weighted by Crippen LogP contribution is -2.53. The summed E-state index contributed by atoms with van der Waals surface area (Å²) in [5.41, 5.74) is 0. The average Bonchev–Trinajstić information content (AvgIpc) is 2.75. The maximum Gasteiger partial charge on any atom is 0.249 e. The normalized spacial score (nSPS) is 15.8. The van der Waals surface area contributed by atoms with E-state index >= 15 is 0 Å². The first-order valence-corrected chi connectivity index (χ1v) is 12.1. The molecule has 6 heteroatoms. The van der Waals surface area contributed by atoms with Crippen LogP contribution in [0.15, 0.2) is 12.2 Å². The van der Waals surface area contributed by atoms with Gasteiger partial charge in [0.2, 0.25) is 5.91 Å². The van der Waals surface area contributed by atoms with Crippen LogP contribution in [0, 0.1) is 0 Å². The highest BCUT2D eigenvalue weighted by molar-refractivity contribution is 5.80. The molecule has 5 N–H and O–H groups in total. The number of carbonyl (C=O) groups is 1. The Kier molecular flexibility index (Phi) is 19.3. The van der Waals surface area contributed by atoms with Crippen molar-refractivity contribution < 1.29 is 25.2 Å². The van der Waals surface area contributed by atoms with Crippen molar-refractivity contribution in [2.75, 3.05) is 6.61 Å². The average molecular weight is 430 g/mol. The minimum atomic E-state index is -1.26. The Bertz CT molecular complexity index is 430. The number of carbonyl (C=O) groups excluding carboxylic acids is 1. The minimum absolute atomic E-state index is 0.284. The molecular formula is C24H47NO5. The van der Waals surface area contributed by atoms with E-state index in [4.69, 9.17) is 0 Å². The standard InChI is InChI=1S/C24H47NO5/c1-3-5-7-9-11-12-14-16-18-22(28)24(30)25-20(19-26)23(29)21(27)17-15-13-10-8-6-4-2/h12,14,20-23,26-29H,3-11,13,15-19H2,1-2H3,(H,25,30)/b14-12-. The largest absolute Gasteiger partial charge is 0.394 e. The van der Waals surface area contributed by atoms with Gasteiger partial charge in [-0.2, -0.15) is 0 Å². The van der Waals surface area contributed by atoms with Gasteiger partial charge in [-0.3, -0.25) is 4.79 Å². The van der Waals surface area contributed by atoms with Crippen molar-refractivity contribution in [3.8, 4) is 0 Å². The van der Waals surface area contributed by atoms with Gasteiger partial charge in [0.1, 0.15) is 12.2 Å². The second kappa shape index (κ2) is 20.0. The van der Waals surface area contributed by atoms with Gasteiger partial charge in [0, 0.05) is 0 Å². The summed E-state index contributed by atoms with van der Waals surface area (Å²) in [7, 11) is 0. The predicted octanol–water partition coefficient (Wildman–Crippen LogP) is 3.60. The van der Waals surface area contributed by atoms with Crippen LogP contribution >= 0.6 is 0 Å². The van der Waals surface area contributed by atoms with Gasteiger partial charge < -0.3 is 25.7 Å². The number of hydrogen-bond donors (Lipinski definition) is 5. The monoisotopic (exact) mass is 429 g/mol. The molecule has 0 radical (unpaired) electrons. The van der Waals surface area contributed by atoms with E-state index in [-0.39, 0.29) is 6.42 Å². The zero-order valence-electron chi connectivity index (χ0n) is 19.3. The van der Waals surface area contributed by atoms with Gasteiger partial charge in [0.15, 0.2) is 0 Å². The van der Waals surface area contributed by atoms with Crippen LogP contribution in [0.5, 0.6) is 0 Å². The van der Waals surface area contributed by atoms with Gasteiger partial charge >= 0.3 is 0 Å². The summed E-state index contributed by atoms with van der Waals surface area (Å²) < 4.78 is 0. The highest BCUT2D eigenvalue weighted by Gasteiger charge is 2.28. The molecule has 6 nitrogen and oxygen atoms in total. The van der Waals surface area contributed by atoms with E-state index in [1.807, 2.05) is 6.08 Å². The van der Waals surface area contributed by atoms with Gasteiger partial charge in [-0.15, -0.1) is 0 Å². The van der Waals surface area contributed by atoms with Crippen molar-refractivity contribution in [2.45, 2.75) is 128 Å². The molecule has 0 aliphatic carbocycles. The SMILES string of the molecule is CCCCCC/C=C\CCC(O)C(=O)NC(CO)C(O)C(O)CCCCCCCC. The molecule has 0 aliphatic rings. The molecule has 4 unspecified atom stereocenters. The van der Waals surface area contributed by atoms with Crippen LogP contribution in [0.3, 0.4) is 0 Å². The first-order valence-electron chi connectivity index (χ1n) is 12.1. The molecule has 4 atom stereocenters. The van der Waals surface area contributed by atoms with E-state index < -0.39 is 36.9 Å². The van der Waals surface area contributed by atoms with Crippen molar-refractivity contribution in [3.05, 3.63) is 12.2 Å². The van der Waals surface area contributed by atoms with Crippen molar-refractivity contribution in [1.82, 2.24) is 5.32 Å². The van der Waals surface area contributed by atoms with Crippen molar-refractivity contribution in [3.63, 3.8) is 0 Å². The van der Waals surface area contributed by atoms with Gasteiger partial charge in [0.05, 0.1) is 18.8 Å². The van der Waals surface area contributed by atoms with E-state index in [9.17, 15) is 25.2 Å². The molecule has 0 bridgehead atoms. The first kappa shape index (κ1) is 29.1. The van der Waals surface area contributed by atoms with Crippen LogP contribution in [0.4, 0.5) is 0 Å². The predicted molar refractivity (Wildman–Crippen MR) is 122 cm³/mol. The Morgan fingerprint density at radius 3 is 2.00 bits per heavy atom. The Morgan fingerprint density at radius 2 is 1.37 bits per heavy atom. The van der Waals surface area contributed by atoms with E-state index in [1.165, 1.54) is 38.5 Å². The fourth-order valence-electron chi connectivity index (χ4n) is 3.40. The second-order valence-corrected chi connectivity index (χ2v) is 8.33. The molecule has 1 amide bonds. The van der Waals surface area contributed by atoms with Gasteiger partial charge in [0.25, 0.3) is 0 Å². The molecule has 178 valence electrons. The molecule has 30 heavy (non-hydrogen) atoms. The molecule has 0 aromatic heterocycles. The number of amides is 1. The fourth-order valence-corrected chi connectivity index (χ4v) is 3.40. The highest BCUT2D eigenvalue weighted by Crippen LogP contribution is 2.13. The van der Waals surface area contributed by atoms with Crippen molar-refractivity contribution >= 4 is 5.91 Å². The van der Waals surface area contributed by atoms with E-state index in [0.717, 1.165) is 32.1 Å². The summed E-state index contributed by atoms with van der Waals surface area (Å²) in [5, 5.41) is 42.4. The maximum absolute atomic E-state index is 12.1. The van der Waals surface area contributed by atoms with Crippen molar-refractivity contribution in [2.24, 2.45) is 0 Å². The van der Waals surface area contributed by atoms with E-state index in [2.05, 4.69) is 25.2 Å². The number of hydrogen-bond acceptors (Lipinski definition) is 5. The molecule has 0 aromatic carbocycles. The van der Waals surface area contributed by atoms with Gasteiger partial charge in [-0.25, -0.2) is 0 Å². The fraction of sp³-hybridized carbons (Fsp3) is 0.875. The molecule has 0 spiro atoms. The molecule has 0 fully saturated rings. The summed E-state index contributed by atoms with van der Waals surface area (Å²) in [5.74, 6) is -0.629. The molecular weight excluding hydrogens is 382 g/mol. The third-order valence-corrected chi connectivity index (χ3v) is 5.48. The quantitative estimate of drug-likeness (QED) is 0.150. The lowest BCUT2D eigenvalue weighted by atomic mass is 9.99. The first-order chi connectivity index (χ1) is 14.5. The number of rotatable bonds is 20. The van der Waals surface area contributed by atoms with Crippen LogP contribution < -0.4 is 5.32 Å². The zero-order chi connectivity index (χ0) is 22.6. The minimum Gasteiger partial charge on any atom is -0.394 e. The van der Waals surface area contributed by atoms with Crippen molar-refractivity contribution in [1.29, 1.82) is 0 Å². The number of unbranched alkanes of at least 4 members (excludes halogenated alkanes) is 9. The van der Waals surface area contributed by atoms with Crippen LogP contribution in [-0.2, 0) is 4.79 Å². The molecule has 0 aromatic rings. The lowest BCUT2D eigenvalue weighted by Gasteiger charge is -2.27. The lowest BCUT2D eigenvalue weighted by molar-refractivity contribution is -0.132. The van der Waals surface area contributed by atoms with E-state index in [1.54, 1.807) is 0 Å². The molecule has 0 aliphatic heterocycles. The topological polar surface area (TPSA) is 110 Å². The summed E-state index contributed by atoms with van der Waals surface area (Å²) in [4.78, 5) is 12.1. The summed E-state index contributed by atoms with van der Waals surface area (Å²) >= 11 is 0. The Balaban J connectivity index is 4.13. The molecule has 0 rings (SSSR count). The molecule has 0 saturated carbocycles. The third-order valence-electron chi connectivity index (χ3n) is 5.48. The highest BCUT2D eigenvalue weighted by atomic mass is 16.3. The Hall–Kier alpha value is -0.950. The molecule has 0 saturated heterocycles. The summed E-state index contributed by atoms with van der Waals surface area (Å²) in [6.45, 7) is 3.84. The zero-order valence-corrected chi connectivity index (χ0v) is 19.3. The van der Waals surface area contributed by atoms with Crippen LogP contribution in [0.25, 0.3) is 0 Å². The Labute approximate surface area is 183 Å². The number of aliphatic hydroxyl groups is 4. The third kappa shape index (κ3) is 14.9. The summed E-state index contributed by atoms with van der Waals surface area (Å²) in [6, 6.07) is -0.989. The number of aliphatic hydroxyl groups excluding tert-OH is 4.